The molecule has 1 amide bonds. The number of hydrogen-bond donors (Lipinski definition) is 1. The molecule has 0 bridgehead atoms. The molecule has 1 N–H and O–H groups in total. The molecule has 140 valence electrons. The van der Waals surface area contributed by atoms with Crippen LogP contribution in [0, 0.1) is 17.1 Å². The van der Waals surface area contributed by atoms with Gasteiger partial charge in [-0.1, -0.05) is 31.4 Å². The van der Waals surface area contributed by atoms with Crippen LogP contribution in [0.1, 0.15) is 50.2 Å². The van der Waals surface area contributed by atoms with Gasteiger partial charge >= 0.3 is 0 Å². The molecule has 2 aromatic carbocycles. The lowest BCUT2D eigenvalue weighted by atomic mass is 9.68. The maximum atomic E-state index is 13.4. The number of nitrogens with one attached hydrogen (secondary N) is 1. The first-order valence-corrected chi connectivity index (χ1v) is 9.33. The van der Waals surface area contributed by atoms with Crippen LogP contribution in [-0.4, -0.2) is 12.5 Å². The smallest absolute Gasteiger partial charge is 0.235 e. The third-order valence-corrected chi connectivity index (χ3v) is 5.21. The fraction of sp³-hybridized carbons (Fsp3) is 0.364. The Hall–Kier alpha value is -2.87. The van der Waals surface area contributed by atoms with Gasteiger partial charge in [0.1, 0.15) is 17.6 Å². The van der Waals surface area contributed by atoms with Crippen molar-refractivity contribution in [1.29, 1.82) is 5.26 Å². The third-order valence-electron chi connectivity index (χ3n) is 5.21. The number of rotatable bonds is 5. The number of carbonyl (C=O) groups is 1. The summed E-state index contributed by atoms with van der Waals surface area (Å²) in [6.45, 7) is 2.38. The van der Waals surface area contributed by atoms with E-state index in [1.54, 1.807) is 30.3 Å². The Morgan fingerprint density at radius 3 is 2.52 bits per heavy atom. The van der Waals surface area contributed by atoms with Crippen LogP contribution in [0.5, 0.6) is 5.75 Å². The highest BCUT2D eigenvalue weighted by atomic mass is 19.1. The van der Waals surface area contributed by atoms with Crippen molar-refractivity contribution in [2.75, 3.05) is 11.9 Å². The van der Waals surface area contributed by atoms with Gasteiger partial charge in [0, 0.05) is 0 Å². The lowest BCUT2D eigenvalue weighted by molar-refractivity contribution is -0.122. The highest BCUT2D eigenvalue weighted by molar-refractivity contribution is 6.00. The number of ether oxygens (including phenoxy) is 1. The monoisotopic (exact) mass is 366 g/mol. The van der Waals surface area contributed by atoms with E-state index in [1.807, 2.05) is 6.92 Å². The fourth-order valence-corrected chi connectivity index (χ4v) is 3.79. The third kappa shape index (κ3) is 3.95. The Kier molecular flexibility index (Phi) is 5.75. The standard InChI is InChI=1S/C22H23FN2O2/c1-2-27-19-10-11-20(16(14-19)15-24)25-21(26)22(12-4-3-5-13-22)17-6-8-18(23)9-7-17/h6-11,14H,2-5,12-13H2,1H3,(H,25,26). The highest BCUT2D eigenvalue weighted by Crippen LogP contribution is 2.41. The number of carbonyl (C=O) groups excluding carboxylic acids is 1. The molecule has 2 aromatic rings. The summed E-state index contributed by atoms with van der Waals surface area (Å²) in [5.74, 6) is 0.135. The van der Waals surface area contributed by atoms with Gasteiger partial charge in [0.25, 0.3) is 0 Å². The molecule has 0 heterocycles. The van der Waals surface area contributed by atoms with Crippen LogP contribution >= 0.6 is 0 Å². The molecule has 5 heteroatoms. The first-order valence-electron chi connectivity index (χ1n) is 9.33. The minimum absolute atomic E-state index is 0.144. The quantitative estimate of drug-likeness (QED) is 0.815. The van der Waals surface area contributed by atoms with Crippen molar-refractivity contribution in [3.05, 3.63) is 59.4 Å². The van der Waals surface area contributed by atoms with Crippen LogP contribution in [0.25, 0.3) is 0 Å². The van der Waals surface area contributed by atoms with Crippen molar-refractivity contribution in [2.24, 2.45) is 0 Å². The molecule has 27 heavy (non-hydrogen) atoms. The maximum Gasteiger partial charge on any atom is 0.235 e. The van der Waals surface area contributed by atoms with E-state index < -0.39 is 5.41 Å². The van der Waals surface area contributed by atoms with Gasteiger partial charge in [-0.25, -0.2) is 4.39 Å². The average Bonchev–Trinajstić information content (AvgIpc) is 2.70. The Morgan fingerprint density at radius 1 is 1.19 bits per heavy atom. The van der Waals surface area contributed by atoms with Gasteiger partial charge in [-0.05, 0) is 55.7 Å². The molecule has 0 saturated heterocycles. The number of halogens is 1. The number of anilines is 1. The molecule has 0 radical (unpaired) electrons. The molecule has 3 rings (SSSR count). The average molecular weight is 366 g/mol. The van der Waals surface area contributed by atoms with Gasteiger partial charge in [-0.2, -0.15) is 5.26 Å². The number of nitrogens with zero attached hydrogens (tertiary/aromatic N) is 1. The van der Waals surface area contributed by atoms with Gasteiger partial charge in [0.2, 0.25) is 5.91 Å². The number of amides is 1. The van der Waals surface area contributed by atoms with Crippen LogP contribution in [0.15, 0.2) is 42.5 Å². The number of nitriles is 1. The second-order valence-electron chi connectivity index (χ2n) is 6.86. The predicted octanol–water partition coefficient (Wildman–Crippen LogP) is 4.94. The van der Waals surface area contributed by atoms with Crippen molar-refractivity contribution in [1.82, 2.24) is 0 Å². The molecule has 1 aliphatic rings. The van der Waals surface area contributed by atoms with Crippen molar-refractivity contribution in [2.45, 2.75) is 44.4 Å². The summed E-state index contributed by atoms with van der Waals surface area (Å²) < 4.78 is 18.8. The molecule has 1 aliphatic carbocycles. The van der Waals surface area contributed by atoms with Gasteiger partial charge in [-0.3, -0.25) is 4.79 Å². The zero-order valence-electron chi connectivity index (χ0n) is 15.4. The number of benzene rings is 2. The van der Waals surface area contributed by atoms with Crippen LogP contribution in [-0.2, 0) is 10.2 Å². The fourth-order valence-electron chi connectivity index (χ4n) is 3.79. The van der Waals surface area contributed by atoms with E-state index >= 15 is 0 Å². The molecule has 0 spiro atoms. The van der Waals surface area contributed by atoms with Crippen molar-refractivity contribution in [3.63, 3.8) is 0 Å². The van der Waals surface area contributed by atoms with Crippen LogP contribution in [0.2, 0.25) is 0 Å². The van der Waals surface area contributed by atoms with Gasteiger partial charge in [0.05, 0.1) is 23.3 Å². The van der Waals surface area contributed by atoms with Crippen LogP contribution in [0.3, 0.4) is 0 Å². The summed E-state index contributed by atoms with van der Waals surface area (Å²) in [6, 6.07) is 13.4. The molecular formula is C22H23FN2O2. The molecule has 0 aliphatic heterocycles. The summed E-state index contributed by atoms with van der Waals surface area (Å²) in [5, 5.41) is 12.4. The Morgan fingerprint density at radius 2 is 1.89 bits per heavy atom. The summed E-state index contributed by atoms with van der Waals surface area (Å²) in [6.07, 6.45) is 4.40. The van der Waals surface area contributed by atoms with Gasteiger partial charge < -0.3 is 10.1 Å². The Labute approximate surface area is 159 Å². The molecule has 1 saturated carbocycles. The van der Waals surface area contributed by atoms with E-state index in [0.717, 1.165) is 24.8 Å². The number of hydrogen-bond acceptors (Lipinski definition) is 3. The normalized spacial score (nSPS) is 15.6. The minimum Gasteiger partial charge on any atom is -0.494 e. The Bertz CT molecular complexity index is 850. The van der Waals surface area contributed by atoms with E-state index in [1.165, 1.54) is 12.1 Å². The minimum atomic E-state index is -0.697. The Balaban J connectivity index is 1.92. The summed E-state index contributed by atoms with van der Waals surface area (Å²) in [7, 11) is 0. The van der Waals surface area contributed by atoms with Crippen molar-refractivity contribution in [3.8, 4) is 11.8 Å². The second kappa shape index (κ2) is 8.22. The van der Waals surface area contributed by atoms with E-state index in [9.17, 15) is 14.4 Å². The zero-order chi connectivity index (χ0) is 19.3. The largest absolute Gasteiger partial charge is 0.494 e. The lowest BCUT2D eigenvalue weighted by Gasteiger charge is -2.36. The van der Waals surface area contributed by atoms with Crippen molar-refractivity contribution >= 4 is 11.6 Å². The molecule has 0 aromatic heterocycles. The van der Waals surface area contributed by atoms with Gasteiger partial charge in [0.15, 0.2) is 0 Å². The van der Waals surface area contributed by atoms with E-state index in [4.69, 9.17) is 4.74 Å². The van der Waals surface area contributed by atoms with Gasteiger partial charge in [-0.15, -0.1) is 0 Å². The molecule has 4 nitrogen and oxygen atoms in total. The molecular weight excluding hydrogens is 343 g/mol. The summed E-state index contributed by atoms with van der Waals surface area (Å²) >= 11 is 0. The first-order chi connectivity index (χ1) is 13.1. The van der Waals surface area contributed by atoms with Crippen LogP contribution < -0.4 is 10.1 Å². The van der Waals surface area contributed by atoms with E-state index in [0.29, 0.717) is 36.4 Å². The highest BCUT2D eigenvalue weighted by Gasteiger charge is 2.41. The lowest BCUT2D eigenvalue weighted by Crippen LogP contribution is -2.42. The van der Waals surface area contributed by atoms with Crippen LogP contribution in [0.4, 0.5) is 10.1 Å². The first kappa shape index (κ1) is 18.9. The summed E-state index contributed by atoms with van der Waals surface area (Å²) in [5.41, 5.74) is 0.958. The SMILES string of the molecule is CCOc1ccc(NC(=O)C2(c3ccc(F)cc3)CCCCC2)c(C#N)c1. The van der Waals surface area contributed by atoms with Crippen molar-refractivity contribution < 1.29 is 13.9 Å². The molecule has 0 unspecified atom stereocenters. The zero-order valence-corrected chi connectivity index (χ0v) is 15.4. The maximum absolute atomic E-state index is 13.4. The predicted molar refractivity (Wildman–Crippen MR) is 102 cm³/mol. The second-order valence-corrected chi connectivity index (χ2v) is 6.86. The topological polar surface area (TPSA) is 62.1 Å². The van der Waals surface area contributed by atoms with E-state index in [-0.39, 0.29) is 11.7 Å². The molecule has 0 atom stereocenters. The summed E-state index contributed by atoms with van der Waals surface area (Å²) in [4.78, 5) is 13.3. The molecule has 1 fully saturated rings. The van der Waals surface area contributed by atoms with E-state index in [2.05, 4.69) is 11.4 Å².